The van der Waals surface area contributed by atoms with Crippen LogP contribution >= 0.6 is 11.6 Å². The van der Waals surface area contributed by atoms with Gasteiger partial charge in [0.25, 0.3) is 15.9 Å². The molecule has 0 radical (unpaired) electrons. The molecule has 9 heteroatoms. The molecule has 0 bridgehead atoms. The van der Waals surface area contributed by atoms with Crippen LogP contribution in [0.25, 0.3) is 28.4 Å². The maximum atomic E-state index is 12.8. The Morgan fingerprint density at radius 2 is 1.86 bits per heavy atom. The minimum absolute atomic E-state index is 0.199. The highest BCUT2D eigenvalue weighted by molar-refractivity contribution is 7.93. The first-order valence-electron chi connectivity index (χ1n) is 11.4. The fraction of sp³-hybridized carbons (Fsp3) is 0.0714. The molecule has 5 rings (SSSR count). The zero-order valence-corrected chi connectivity index (χ0v) is 21.3. The van der Waals surface area contributed by atoms with Crippen molar-refractivity contribution in [1.82, 2.24) is 14.3 Å². The molecule has 0 saturated heterocycles. The van der Waals surface area contributed by atoms with Crippen molar-refractivity contribution < 1.29 is 17.6 Å². The minimum atomic E-state index is -3.99. The van der Waals surface area contributed by atoms with Gasteiger partial charge in [-0.15, -0.1) is 0 Å². The number of nitrogens with one attached hydrogen (secondary N) is 1. The summed E-state index contributed by atoms with van der Waals surface area (Å²) in [6.45, 7) is 2.28. The molecule has 5 aromatic rings. The van der Waals surface area contributed by atoms with Gasteiger partial charge >= 0.3 is 0 Å². The second-order valence-corrected chi connectivity index (χ2v) is 10.4. The van der Waals surface area contributed by atoms with E-state index in [0.29, 0.717) is 28.2 Å². The van der Waals surface area contributed by atoms with Crippen molar-refractivity contribution in [3.63, 3.8) is 0 Å². The van der Waals surface area contributed by atoms with E-state index in [1.165, 1.54) is 6.08 Å². The number of aryl methyl sites for hydroxylation is 1. The van der Waals surface area contributed by atoms with Crippen LogP contribution in [0.2, 0.25) is 5.02 Å². The van der Waals surface area contributed by atoms with Gasteiger partial charge in [0.05, 0.1) is 29.2 Å². The van der Waals surface area contributed by atoms with Gasteiger partial charge in [-0.05, 0) is 60.5 Å². The van der Waals surface area contributed by atoms with Crippen LogP contribution in [0.15, 0.2) is 95.0 Å². The van der Waals surface area contributed by atoms with Crippen LogP contribution < -0.4 is 4.72 Å². The number of hydrogen-bond acceptors (Lipinski definition) is 5. The average molecular weight is 532 g/mol. The van der Waals surface area contributed by atoms with Crippen molar-refractivity contribution in [2.24, 2.45) is 0 Å². The number of rotatable bonds is 7. The predicted molar refractivity (Wildman–Crippen MR) is 145 cm³/mol. The van der Waals surface area contributed by atoms with E-state index in [-0.39, 0.29) is 5.56 Å². The van der Waals surface area contributed by atoms with Gasteiger partial charge in [-0.1, -0.05) is 54.1 Å². The molecule has 37 heavy (non-hydrogen) atoms. The lowest BCUT2D eigenvalue weighted by Gasteiger charge is -2.11. The average Bonchev–Trinajstić information content (AvgIpc) is 3.52. The minimum Gasteiger partial charge on any atom is -0.464 e. The number of sulfonamides is 1. The highest BCUT2D eigenvalue weighted by Crippen LogP contribution is 2.28. The zero-order valence-electron chi connectivity index (χ0n) is 19.8. The van der Waals surface area contributed by atoms with E-state index in [0.717, 1.165) is 28.1 Å². The summed E-state index contributed by atoms with van der Waals surface area (Å²) in [6.07, 6.45) is 3.04. The molecule has 0 atom stereocenters. The number of carbonyl (C=O) groups excluding carboxylic acids is 1. The number of imidazole rings is 1. The summed E-state index contributed by atoms with van der Waals surface area (Å²) in [5.74, 6) is 0.727. The fourth-order valence-electron chi connectivity index (χ4n) is 3.98. The second kappa shape index (κ2) is 10.1. The molecular formula is C28H22ClN3O4S. The normalized spacial score (nSPS) is 11.8. The van der Waals surface area contributed by atoms with Crippen molar-refractivity contribution in [3.05, 3.63) is 118 Å². The molecule has 0 unspecified atom stereocenters. The number of carbonyl (C=O) groups is 1. The molecule has 7 nitrogen and oxygen atoms in total. The Balaban J connectivity index is 1.39. The summed E-state index contributed by atoms with van der Waals surface area (Å²) >= 11 is 6.58. The first kappa shape index (κ1) is 24.5. The van der Waals surface area contributed by atoms with E-state index < -0.39 is 15.9 Å². The first-order chi connectivity index (χ1) is 17.8. The number of amides is 1. The van der Waals surface area contributed by atoms with E-state index >= 15 is 0 Å². The standard InChI is InChI=1S/C28H22ClN3O4S/c1-19-30-25-12-11-22(28(33)31-37(34,35)15-13-20-6-3-2-4-7-20)17-26(25)32(19)18-23-10-9-21(16-24(23)29)27-8-5-14-36-27/h2-17H,18H2,1H3,(H,31,33). The summed E-state index contributed by atoms with van der Waals surface area (Å²) in [6, 6.07) is 23.2. The van der Waals surface area contributed by atoms with Crippen molar-refractivity contribution in [3.8, 4) is 11.3 Å². The Morgan fingerprint density at radius 3 is 2.59 bits per heavy atom. The molecule has 186 valence electrons. The quantitative estimate of drug-likeness (QED) is 0.276. The van der Waals surface area contributed by atoms with Gasteiger partial charge in [0.15, 0.2) is 0 Å². The zero-order chi connectivity index (χ0) is 26.0. The van der Waals surface area contributed by atoms with E-state index in [1.807, 2.05) is 47.9 Å². The summed E-state index contributed by atoms with van der Waals surface area (Å²) in [5, 5.41) is 1.54. The fourth-order valence-corrected chi connectivity index (χ4v) is 5.00. The summed E-state index contributed by atoms with van der Waals surface area (Å²) in [5.41, 5.74) is 4.01. The maximum Gasteiger partial charge on any atom is 0.265 e. The molecule has 2 aromatic heterocycles. The van der Waals surface area contributed by atoms with Crippen molar-refractivity contribution >= 4 is 44.6 Å². The number of halogens is 1. The van der Waals surface area contributed by atoms with E-state index in [9.17, 15) is 13.2 Å². The molecule has 3 aromatic carbocycles. The Kier molecular flexibility index (Phi) is 6.69. The van der Waals surface area contributed by atoms with Crippen LogP contribution in [-0.2, 0) is 16.6 Å². The number of fused-ring (bicyclic) bond motifs is 1. The van der Waals surface area contributed by atoms with Crippen molar-refractivity contribution in [2.45, 2.75) is 13.5 Å². The molecule has 0 saturated carbocycles. The third kappa shape index (κ3) is 5.50. The third-order valence-corrected chi connectivity index (χ3v) is 7.18. The summed E-state index contributed by atoms with van der Waals surface area (Å²) < 4.78 is 34.4. The van der Waals surface area contributed by atoms with Crippen molar-refractivity contribution in [1.29, 1.82) is 0 Å². The number of furan rings is 1. The van der Waals surface area contributed by atoms with Crippen LogP contribution in [-0.4, -0.2) is 23.9 Å². The lowest BCUT2D eigenvalue weighted by molar-refractivity contribution is 0.0982. The Hall–Kier alpha value is -4.14. The monoisotopic (exact) mass is 531 g/mol. The largest absolute Gasteiger partial charge is 0.464 e. The summed E-state index contributed by atoms with van der Waals surface area (Å²) in [4.78, 5) is 17.4. The molecule has 0 aliphatic heterocycles. The van der Waals surface area contributed by atoms with Gasteiger partial charge in [-0.2, -0.15) is 0 Å². The number of nitrogens with zero attached hydrogens (tertiary/aromatic N) is 2. The van der Waals surface area contributed by atoms with Gasteiger partial charge in [0, 0.05) is 16.1 Å². The van der Waals surface area contributed by atoms with Gasteiger partial charge in [0.1, 0.15) is 11.6 Å². The second-order valence-electron chi connectivity index (χ2n) is 8.42. The van der Waals surface area contributed by atoms with Crippen LogP contribution in [0, 0.1) is 6.92 Å². The topological polar surface area (TPSA) is 94.2 Å². The van der Waals surface area contributed by atoms with Crippen molar-refractivity contribution in [2.75, 3.05) is 0 Å². The number of benzene rings is 3. The Bertz CT molecular complexity index is 1720. The first-order valence-corrected chi connectivity index (χ1v) is 13.3. The number of aromatic nitrogens is 2. The Morgan fingerprint density at radius 1 is 1.05 bits per heavy atom. The molecule has 1 N–H and O–H groups in total. The summed E-state index contributed by atoms with van der Waals surface area (Å²) in [7, 11) is -3.99. The van der Waals surface area contributed by atoms with Gasteiger partial charge in [-0.25, -0.2) is 18.1 Å². The SMILES string of the molecule is Cc1nc2ccc(C(=O)NS(=O)(=O)C=Cc3ccccc3)cc2n1Cc1ccc(-c2ccco2)cc1Cl. The molecule has 0 aliphatic rings. The smallest absolute Gasteiger partial charge is 0.265 e. The van der Waals surface area contributed by atoms with Gasteiger partial charge in [0.2, 0.25) is 0 Å². The van der Waals surface area contributed by atoms with Crippen LogP contribution in [0.3, 0.4) is 0 Å². The Labute approximate surface area is 219 Å². The number of hydrogen-bond donors (Lipinski definition) is 1. The van der Waals surface area contributed by atoms with E-state index in [4.69, 9.17) is 16.0 Å². The molecule has 2 heterocycles. The molecule has 0 aliphatic carbocycles. The van der Waals surface area contributed by atoms with E-state index in [2.05, 4.69) is 9.71 Å². The van der Waals surface area contributed by atoms with Crippen LogP contribution in [0.5, 0.6) is 0 Å². The van der Waals surface area contributed by atoms with Crippen LogP contribution in [0.4, 0.5) is 0 Å². The van der Waals surface area contributed by atoms with E-state index in [1.54, 1.807) is 48.7 Å². The third-order valence-electron chi connectivity index (χ3n) is 5.86. The molecule has 0 fully saturated rings. The maximum absolute atomic E-state index is 12.8. The lowest BCUT2D eigenvalue weighted by Crippen LogP contribution is -2.28. The lowest BCUT2D eigenvalue weighted by atomic mass is 10.1. The highest BCUT2D eigenvalue weighted by Gasteiger charge is 2.17. The predicted octanol–water partition coefficient (Wildman–Crippen LogP) is 6.04. The highest BCUT2D eigenvalue weighted by atomic mass is 35.5. The van der Waals surface area contributed by atoms with Gasteiger partial charge in [-0.3, -0.25) is 4.79 Å². The molecule has 1 amide bonds. The van der Waals surface area contributed by atoms with Gasteiger partial charge < -0.3 is 8.98 Å². The molecular weight excluding hydrogens is 510 g/mol. The van der Waals surface area contributed by atoms with Crippen LogP contribution in [0.1, 0.15) is 27.3 Å². The molecule has 0 spiro atoms.